The minimum atomic E-state index is -0.154. The number of fused-ring (bicyclic) bond motifs is 1. The molecule has 0 atom stereocenters. The lowest BCUT2D eigenvalue weighted by atomic mass is 10.1. The van der Waals surface area contributed by atoms with Crippen LogP contribution in [0.2, 0.25) is 0 Å². The van der Waals surface area contributed by atoms with Crippen LogP contribution in [0.3, 0.4) is 0 Å². The molecule has 1 aliphatic heterocycles. The predicted octanol–water partition coefficient (Wildman–Crippen LogP) is 3.79. The van der Waals surface area contributed by atoms with Crippen LogP contribution in [0.4, 0.5) is 21.6 Å². The molecule has 2 N–H and O–H groups in total. The zero-order valence-electron chi connectivity index (χ0n) is 14.3. The Kier molecular flexibility index (Phi) is 4.75. The van der Waals surface area contributed by atoms with Gasteiger partial charge in [-0.3, -0.25) is 9.88 Å². The summed E-state index contributed by atoms with van der Waals surface area (Å²) < 4.78 is 13.9. The molecule has 5 nitrogen and oxygen atoms in total. The fourth-order valence-electron chi connectivity index (χ4n) is 3.10. The fourth-order valence-corrected chi connectivity index (χ4v) is 3.10. The first-order valence-electron chi connectivity index (χ1n) is 8.63. The quantitative estimate of drug-likeness (QED) is 0.751. The highest BCUT2D eigenvalue weighted by Gasteiger charge is 2.16. The van der Waals surface area contributed by atoms with Crippen molar-refractivity contribution in [2.45, 2.75) is 13.1 Å². The Morgan fingerprint density at radius 1 is 1.15 bits per heavy atom. The third-order valence-corrected chi connectivity index (χ3v) is 4.41. The molecule has 2 aromatic heterocycles. The van der Waals surface area contributed by atoms with Crippen LogP contribution in [0.15, 0.2) is 61.1 Å². The van der Waals surface area contributed by atoms with E-state index in [0.29, 0.717) is 6.54 Å². The minimum Gasteiger partial charge on any atom is -0.383 e. The fraction of sp³-hybridized carbons (Fsp3) is 0.200. The molecule has 0 spiro atoms. The number of benzene rings is 1. The van der Waals surface area contributed by atoms with E-state index in [1.54, 1.807) is 18.5 Å². The summed E-state index contributed by atoms with van der Waals surface area (Å²) in [7, 11) is 0. The lowest BCUT2D eigenvalue weighted by Gasteiger charge is -2.20. The van der Waals surface area contributed by atoms with Gasteiger partial charge in [0, 0.05) is 61.5 Å². The topological polar surface area (TPSA) is 53.1 Å². The van der Waals surface area contributed by atoms with Crippen LogP contribution in [0.25, 0.3) is 0 Å². The van der Waals surface area contributed by atoms with E-state index in [2.05, 4.69) is 25.5 Å². The summed E-state index contributed by atoms with van der Waals surface area (Å²) in [5, 5.41) is 6.71. The number of aromatic nitrogens is 2. The van der Waals surface area contributed by atoms with Gasteiger partial charge in [0.25, 0.3) is 0 Å². The van der Waals surface area contributed by atoms with E-state index in [-0.39, 0.29) is 5.82 Å². The average Bonchev–Trinajstić information content (AvgIpc) is 2.86. The van der Waals surface area contributed by atoms with Crippen LogP contribution in [0, 0.1) is 5.82 Å². The zero-order chi connectivity index (χ0) is 17.8. The van der Waals surface area contributed by atoms with Gasteiger partial charge in [-0.25, -0.2) is 9.37 Å². The van der Waals surface area contributed by atoms with Crippen molar-refractivity contribution in [2.75, 3.05) is 23.7 Å². The molecule has 0 amide bonds. The van der Waals surface area contributed by atoms with Gasteiger partial charge < -0.3 is 10.6 Å². The predicted molar refractivity (Wildman–Crippen MR) is 101 cm³/mol. The first-order valence-corrected chi connectivity index (χ1v) is 8.63. The van der Waals surface area contributed by atoms with Gasteiger partial charge in [-0.05, 0) is 18.2 Å². The molecule has 26 heavy (non-hydrogen) atoms. The lowest BCUT2D eigenvalue weighted by Crippen LogP contribution is -2.26. The molecule has 0 radical (unpaired) electrons. The third-order valence-electron chi connectivity index (χ3n) is 4.41. The maximum atomic E-state index is 13.9. The maximum absolute atomic E-state index is 13.9. The van der Waals surface area contributed by atoms with E-state index >= 15 is 0 Å². The van der Waals surface area contributed by atoms with Crippen LogP contribution < -0.4 is 10.6 Å². The summed E-state index contributed by atoms with van der Waals surface area (Å²) in [4.78, 5) is 10.8. The lowest BCUT2D eigenvalue weighted by molar-refractivity contribution is 0.267. The summed E-state index contributed by atoms with van der Waals surface area (Å²) >= 11 is 0. The second kappa shape index (κ2) is 7.49. The molecule has 0 fully saturated rings. The molecular formula is C20H20FN5. The van der Waals surface area contributed by atoms with E-state index in [1.807, 2.05) is 36.5 Å². The summed E-state index contributed by atoms with van der Waals surface area (Å²) in [5.74, 6) is 0.617. The molecule has 0 aliphatic carbocycles. The number of hydrogen-bond acceptors (Lipinski definition) is 5. The largest absolute Gasteiger partial charge is 0.383 e. The van der Waals surface area contributed by atoms with Gasteiger partial charge in [0.2, 0.25) is 0 Å². The molecule has 1 aromatic carbocycles. The number of hydrogen-bond donors (Lipinski definition) is 2. The van der Waals surface area contributed by atoms with Gasteiger partial charge in [-0.15, -0.1) is 0 Å². The zero-order valence-corrected chi connectivity index (χ0v) is 14.3. The first kappa shape index (κ1) is 16.5. The summed E-state index contributed by atoms with van der Waals surface area (Å²) in [6, 6.07) is 12.8. The summed E-state index contributed by atoms with van der Waals surface area (Å²) in [5.41, 5.74) is 3.78. The Hall–Kier alpha value is -2.99. The van der Waals surface area contributed by atoms with Crippen molar-refractivity contribution in [3.63, 3.8) is 0 Å². The van der Waals surface area contributed by atoms with Crippen molar-refractivity contribution < 1.29 is 4.39 Å². The monoisotopic (exact) mass is 349 g/mol. The van der Waals surface area contributed by atoms with Gasteiger partial charge in [0.05, 0.1) is 11.9 Å². The molecule has 0 bridgehead atoms. The Morgan fingerprint density at radius 2 is 2.08 bits per heavy atom. The molecule has 3 aromatic rings. The number of nitrogens with one attached hydrogen (secondary N) is 2. The smallest absolute Gasteiger partial charge is 0.132 e. The van der Waals surface area contributed by atoms with E-state index in [1.165, 1.54) is 6.07 Å². The van der Waals surface area contributed by atoms with Gasteiger partial charge in [0.1, 0.15) is 11.6 Å². The SMILES string of the molecule is Fc1ccccc1CN1CCNc2cc(Nc3cccnc3)ncc2C1. The molecule has 0 saturated heterocycles. The van der Waals surface area contributed by atoms with E-state index in [0.717, 1.165) is 48.0 Å². The highest BCUT2D eigenvalue weighted by molar-refractivity contribution is 5.63. The first-order chi connectivity index (χ1) is 12.8. The van der Waals surface area contributed by atoms with E-state index in [4.69, 9.17) is 0 Å². The second-order valence-electron chi connectivity index (χ2n) is 6.32. The normalized spacial score (nSPS) is 14.2. The number of anilines is 3. The van der Waals surface area contributed by atoms with Crippen LogP contribution in [0.5, 0.6) is 0 Å². The number of halogens is 1. The Balaban J connectivity index is 1.49. The second-order valence-corrected chi connectivity index (χ2v) is 6.32. The van der Waals surface area contributed by atoms with Gasteiger partial charge in [-0.2, -0.15) is 0 Å². The van der Waals surface area contributed by atoms with E-state index < -0.39 is 0 Å². The van der Waals surface area contributed by atoms with Crippen LogP contribution in [-0.2, 0) is 13.1 Å². The Labute approximate surface area is 151 Å². The van der Waals surface area contributed by atoms with Crippen molar-refractivity contribution in [1.82, 2.24) is 14.9 Å². The van der Waals surface area contributed by atoms with Gasteiger partial charge in [0.15, 0.2) is 0 Å². The minimum absolute atomic E-state index is 0.154. The van der Waals surface area contributed by atoms with Crippen molar-refractivity contribution in [3.8, 4) is 0 Å². The van der Waals surface area contributed by atoms with Crippen LogP contribution in [0.1, 0.15) is 11.1 Å². The summed E-state index contributed by atoms with van der Waals surface area (Å²) in [6.45, 7) is 2.96. The Bertz CT molecular complexity index is 884. The van der Waals surface area contributed by atoms with Crippen molar-refractivity contribution in [1.29, 1.82) is 0 Å². The maximum Gasteiger partial charge on any atom is 0.132 e. The standard InChI is InChI=1S/C20H20FN5/c21-18-6-2-1-4-15(18)13-26-9-8-23-19-10-20(24-11-16(19)14-26)25-17-5-3-7-22-12-17/h1-7,10-12,23H,8-9,13-14H2,(H,24,25). The average molecular weight is 349 g/mol. The molecular weight excluding hydrogens is 329 g/mol. The molecule has 0 saturated carbocycles. The van der Waals surface area contributed by atoms with Crippen LogP contribution in [-0.4, -0.2) is 28.0 Å². The van der Waals surface area contributed by atoms with Gasteiger partial charge in [-0.1, -0.05) is 18.2 Å². The van der Waals surface area contributed by atoms with Crippen molar-refractivity contribution in [2.24, 2.45) is 0 Å². The Morgan fingerprint density at radius 3 is 2.92 bits per heavy atom. The molecule has 132 valence electrons. The number of pyridine rings is 2. The molecule has 4 rings (SSSR count). The van der Waals surface area contributed by atoms with Crippen molar-refractivity contribution >= 4 is 17.2 Å². The number of nitrogens with zero attached hydrogens (tertiary/aromatic N) is 3. The highest BCUT2D eigenvalue weighted by atomic mass is 19.1. The highest BCUT2D eigenvalue weighted by Crippen LogP contribution is 2.25. The van der Waals surface area contributed by atoms with Gasteiger partial charge >= 0.3 is 0 Å². The van der Waals surface area contributed by atoms with E-state index in [9.17, 15) is 4.39 Å². The van der Waals surface area contributed by atoms with Crippen molar-refractivity contribution in [3.05, 3.63) is 78.0 Å². The number of rotatable bonds is 4. The molecule has 3 heterocycles. The van der Waals surface area contributed by atoms with Crippen LogP contribution >= 0.6 is 0 Å². The molecule has 6 heteroatoms. The molecule has 1 aliphatic rings. The third kappa shape index (κ3) is 3.81. The summed E-state index contributed by atoms with van der Waals surface area (Å²) in [6.07, 6.45) is 5.37. The molecule has 0 unspecified atom stereocenters.